The second kappa shape index (κ2) is 6.44. The van der Waals surface area contributed by atoms with E-state index >= 15 is 0 Å². The van der Waals surface area contributed by atoms with Gasteiger partial charge in [-0.2, -0.15) is 0 Å². The number of sulfone groups is 1. The number of aliphatic carboxylic acids is 1. The van der Waals surface area contributed by atoms with E-state index in [-0.39, 0.29) is 18.7 Å². The SMILES string of the molecule is CC(C)N1CCC[C@H]1C(=O)OC[C@H]1C(=O)N2[C@@H](C(=O)O)C(C)(C)S(=O)(=O)[C@H]12. The van der Waals surface area contributed by atoms with Gasteiger partial charge in [-0.25, -0.2) is 13.2 Å². The lowest BCUT2D eigenvalue weighted by Gasteiger charge is -2.42. The summed E-state index contributed by atoms with van der Waals surface area (Å²) in [5.41, 5.74) is 0. The van der Waals surface area contributed by atoms with Gasteiger partial charge in [-0.15, -0.1) is 0 Å². The molecule has 3 aliphatic rings. The first kappa shape index (κ1) is 20.1. The second-order valence-corrected chi connectivity index (χ2v) is 10.9. The first-order valence-electron chi connectivity index (χ1n) is 9.13. The van der Waals surface area contributed by atoms with Gasteiger partial charge in [0.05, 0.1) is 4.75 Å². The summed E-state index contributed by atoms with van der Waals surface area (Å²) in [4.78, 5) is 39.3. The van der Waals surface area contributed by atoms with Crippen LogP contribution in [0.5, 0.6) is 0 Å². The standard InChI is InChI=1S/C17H26N2O7S/c1-9(2)18-7-5-6-11(18)16(23)26-8-10-13(20)19-12(15(21)22)17(3,4)27(24,25)14(10)19/h9-12,14H,5-8H2,1-4H3,(H,21,22)/t10-,11-,12-,14+/m0/s1. The summed E-state index contributed by atoms with van der Waals surface area (Å²) < 4.78 is 29.3. The summed E-state index contributed by atoms with van der Waals surface area (Å²) in [7, 11) is -3.91. The van der Waals surface area contributed by atoms with Gasteiger partial charge in [0.25, 0.3) is 0 Å². The molecule has 1 N–H and O–H groups in total. The topological polar surface area (TPSA) is 121 Å². The van der Waals surface area contributed by atoms with Crippen molar-refractivity contribution in [3.05, 3.63) is 0 Å². The van der Waals surface area contributed by atoms with E-state index in [0.717, 1.165) is 17.9 Å². The van der Waals surface area contributed by atoms with Crippen LogP contribution in [-0.4, -0.2) is 82.6 Å². The van der Waals surface area contributed by atoms with E-state index in [1.54, 1.807) is 0 Å². The number of likely N-dealkylation sites (tertiary alicyclic amines) is 1. The molecule has 27 heavy (non-hydrogen) atoms. The Kier molecular flexibility index (Phi) is 4.79. The smallest absolute Gasteiger partial charge is 0.328 e. The zero-order valence-corrected chi connectivity index (χ0v) is 16.7. The van der Waals surface area contributed by atoms with Crippen LogP contribution in [-0.2, 0) is 29.0 Å². The van der Waals surface area contributed by atoms with E-state index in [2.05, 4.69) is 0 Å². The minimum atomic E-state index is -3.91. The van der Waals surface area contributed by atoms with Gasteiger partial charge in [-0.05, 0) is 47.1 Å². The average Bonchev–Trinajstić information content (AvgIpc) is 3.09. The van der Waals surface area contributed by atoms with Gasteiger partial charge in [0, 0.05) is 6.04 Å². The molecule has 0 aliphatic carbocycles. The maximum atomic E-state index is 12.8. The van der Waals surface area contributed by atoms with E-state index in [1.165, 1.54) is 13.8 Å². The number of nitrogens with zero attached hydrogens (tertiary/aromatic N) is 2. The molecule has 1 amide bonds. The van der Waals surface area contributed by atoms with Gasteiger partial charge in [0.15, 0.2) is 15.2 Å². The zero-order valence-electron chi connectivity index (χ0n) is 15.9. The number of amides is 1. The lowest BCUT2D eigenvalue weighted by molar-refractivity contribution is -0.170. The number of fused-ring (bicyclic) bond motifs is 1. The Morgan fingerprint density at radius 1 is 1.33 bits per heavy atom. The minimum absolute atomic E-state index is 0.179. The van der Waals surface area contributed by atoms with Gasteiger partial charge < -0.3 is 14.7 Å². The molecule has 10 heteroatoms. The lowest BCUT2D eigenvalue weighted by atomic mass is 9.92. The number of ether oxygens (including phenoxy) is 1. The largest absolute Gasteiger partial charge is 0.480 e. The molecule has 4 atom stereocenters. The van der Waals surface area contributed by atoms with Crippen molar-refractivity contribution in [1.82, 2.24) is 9.80 Å². The molecule has 0 aromatic heterocycles. The van der Waals surface area contributed by atoms with E-state index in [4.69, 9.17) is 4.74 Å². The fraction of sp³-hybridized carbons (Fsp3) is 0.824. The van der Waals surface area contributed by atoms with Crippen LogP contribution < -0.4 is 0 Å². The maximum absolute atomic E-state index is 12.8. The van der Waals surface area contributed by atoms with Crippen LogP contribution in [0.3, 0.4) is 0 Å². The molecule has 3 fully saturated rings. The number of esters is 1. The quantitative estimate of drug-likeness (QED) is 0.498. The van der Waals surface area contributed by atoms with Crippen molar-refractivity contribution in [2.24, 2.45) is 5.92 Å². The zero-order chi connectivity index (χ0) is 20.3. The Morgan fingerprint density at radius 2 is 1.96 bits per heavy atom. The molecule has 0 spiro atoms. The van der Waals surface area contributed by atoms with Gasteiger partial charge in [-0.3, -0.25) is 14.5 Å². The highest BCUT2D eigenvalue weighted by Gasteiger charge is 2.72. The summed E-state index contributed by atoms with van der Waals surface area (Å²) >= 11 is 0. The average molecular weight is 402 g/mol. The van der Waals surface area contributed by atoms with Crippen LogP contribution in [0.15, 0.2) is 0 Å². The number of carboxylic acid groups (broad SMARTS) is 1. The number of β-lactam (4-membered cyclic amide) rings is 1. The summed E-state index contributed by atoms with van der Waals surface area (Å²) in [6.07, 6.45) is 1.54. The third-order valence-corrected chi connectivity index (χ3v) is 8.93. The lowest BCUT2D eigenvalue weighted by Crippen LogP contribution is -2.64. The molecular weight excluding hydrogens is 376 g/mol. The van der Waals surface area contributed by atoms with Crippen molar-refractivity contribution in [3.8, 4) is 0 Å². The molecular formula is C17H26N2O7S. The Labute approximate surface area is 158 Å². The highest BCUT2D eigenvalue weighted by molar-refractivity contribution is 7.93. The molecule has 0 radical (unpaired) electrons. The van der Waals surface area contributed by atoms with Crippen molar-refractivity contribution in [2.45, 2.75) is 68.8 Å². The summed E-state index contributed by atoms with van der Waals surface area (Å²) in [6, 6.07) is -1.64. The van der Waals surface area contributed by atoms with E-state index in [0.29, 0.717) is 6.42 Å². The van der Waals surface area contributed by atoms with Crippen LogP contribution in [0.4, 0.5) is 0 Å². The van der Waals surface area contributed by atoms with Crippen LogP contribution in [0.2, 0.25) is 0 Å². The number of hydrogen-bond acceptors (Lipinski definition) is 7. The molecule has 3 aliphatic heterocycles. The third-order valence-electron chi connectivity index (χ3n) is 6.05. The molecule has 3 heterocycles. The molecule has 0 saturated carbocycles. The fourth-order valence-corrected chi connectivity index (χ4v) is 6.79. The number of rotatable bonds is 5. The molecule has 0 unspecified atom stereocenters. The number of carbonyl (C=O) groups excluding carboxylic acids is 2. The van der Waals surface area contributed by atoms with Crippen LogP contribution in [0.25, 0.3) is 0 Å². The molecule has 0 aromatic carbocycles. The molecule has 152 valence electrons. The van der Waals surface area contributed by atoms with Crippen molar-refractivity contribution < 1.29 is 32.6 Å². The highest BCUT2D eigenvalue weighted by atomic mass is 32.2. The molecule has 0 bridgehead atoms. The van der Waals surface area contributed by atoms with E-state index < -0.39 is 49.8 Å². The Bertz CT molecular complexity index is 776. The summed E-state index contributed by atoms with van der Waals surface area (Å²) in [5, 5.41) is 8.15. The maximum Gasteiger partial charge on any atom is 0.328 e. The fourth-order valence-electron chi connectivity index (χ4n) is 4.49. The monoisotopic (exact) mass is 402 g/mol. The highest BCUT2D eigenvalue weighted by Crippen LogP contribution is 2.48. The van der Waals surface area contributed by atoms with Gasteiger partial charge >= 0.3 is 11.9 Å². The van der Waals surface area contributed by atoms with Crippen molar-refractivity contribution >= 4 is 27.7 Å². The predicted octanol–water partition coefficient (Wildman–Crippen LogP) is -0.153. The van der Waals surface area contributed by atoms with E-state index in [1.807, 2.05) is 18.7 Å². The first-order valence-corrected chi connectivity index (χ1v) is 10.7. The molecule has 3 rings (SSSR count). The van der Waals surface area contributed by atoms with Crippen molar-refractivity contribution in [3.63, 3.8) is 0 Å². The normalized spacial score (nSPS) is 34.4. The summed E-state index contributed by atoms with van der Waals surface area (Å²) in [6.45, 7) is 7.04. The van der Waals surface area contributed by atoms with E-state index in [9.17, 15) is 27.9 Å². The van der Waals surface area contributed by atoms with Crippen LogP contribution in [0.1, 0.15) is 40.5 Å². The molecule has 0 aromatic rings. The number of carboxylic acids is 1. The molecule has 3 saturated heterocycles. The van der Waals surface area contributed by atoms with Crippen LogP contribution >= 0.6 is 0 Å². The van der Waals surface area contributed by atoms with Crippen molar-refractivity contribution in [1.29, 1.82) is 0 Å². The number of carbonyl (C=O) groups is 3. The van der Waals surface area contributed by atoms with Gasteiger partial charge in [0.1, 0.15) is 24.6 Å². The van der Waals surface area contributed by atoms with Crippen LogP contribution in [0, 0.1) is 5.92 Å². The van der Waals surface area contributed by atoms with Gasteiger partial charge in [0.2, 0.25) is 5.91 Å². The van der Waals surface area contributed by atoms with Crippen molar-refractivity contribution in [2.75, 3.05) is 13.2 Å². The predicted molar refractivity (Wildman–Crippen MR) is 94.4 cm³/mol. The third kappa shape index (κ3) is 2.75. The van der Waals surface area contributed by atoms with Gasteiger partial charge in [-0.1, -0.05) is 0 Å². The second-order valence-electron chi connectivity index (χ2n) is 8.25. The Balaban J connectivity index is 1.72. The first-order chi connectivity index (χ1) is 12.4. The minimum Gasteiger partial charge on any atom is -0.480 e. The summed E-state index contributed by atoms with van der Waals surface area (Å²) in [5.74, 6) is -3.46. The molecule has 9 nitrogen and oxygen atoms in total. The number of hydrogen-bond donors (Lipinski definition) is 1. The Hall–Kier alpha value is -1.68. The Morgan fingerprint density at radius 3 is 2.52 bits per heavy atom.